The van der Waals surface area contributed by atoms with E-state index in [0.717, 1.165) is 11.5 Å². The average molecular weight is 235 g/mol. The van der Waals surface area contributed by atoms with Gasteiger partial charge >= 0.3 is 0 Å². The summed E-state index contributed by atoms with van der Waals surface area (Å²) in [5.74, 6) is 0.728. The molecule has 17 heavy (non-hydrogen) atoms. The fraction of sp³-hybridized carbons (Fsp3) is 0.600. The molecule has 0 aliphatic heterocycles. The van der Waals surface area contributed by atoms with Gasteiger partial charge in [0.1, 0.15) is 5.82 Å². The topological polar surface area (TPSA) is 12.0 Å². The van der Waals surface area contributed by atoms with E-state index in [1.54, 1.807) is 12.1 Å². The maximum Gasteiger partial charge on any atom is 0.123 e. The van der Waals surface area contributed by atoms with Gasteiger partial charge in [-0.15, -0.1) is 0 Å². The summed E-state index contributed by atoms with van der Waals surface area (Å²) in [6.45, 7) is 4.44. The van der Waals surface area contributed by atoms with Gasteiger partial charge in [-0.05, 0) is 56.2 Å². The van der Waals surface area contributed by atoms with Crippen LogP contribution in [0, 0.1) is 11.7 Å². The molecule has 0 bridgehead atoms. The quantitative estimate of drug-likeness (QED) is 0.833. The summed E-state index contributed by atoms with van der Waals surface area (Å²) >= 11 is 0. The van der Waals surface area contributed by atoms with Crippen molar-refractivity contribution in [2.75, 3.05) is 0 Å². The van der Waals surface area contributed by atoms with E-state index in [4.69, 9.17) is 0 Å². The molecule has 0 heterocycles. The molecule has 1 aliphatic rings. The minimum absolute atomic E-state index is 0.145. The lowest BCUT2D eigenvalue weighted by Gasteiger charge is -2.29. The Bertz CT molecular complexity index is 356. The molecule has 0 aromatic heterocycles. The Balaban J connectivity index is 1.90. The van der Waals surface area contributed by atoms with E-state index < -0.39 is 0 Å². The third kappa shape index (κ3) is 3.53. The highest BCUT2D eigenvalue weighted by atomic mass is 19.1. The van der Waals surface area contributed by atoms with Gasteiger partial charge in [-0.25, -0.2) is 4.39 Å². The Kier molecular flexibility index (Phi) is 4.16. The summed E-state index contributed by atoms with van der Waals surface area (Å²) in [7, 11) is 0. The molecule has 1 nitrogen and oxygen atoms in total. The molecule has 1 saturated carbocycles. The van der Waals surface area contributed by atoms with Crippen LogP contribution in [-0.2, 0) is 0 Å². The third-order valence-corrected chi connectivity index (χ3v) is 3.85. The molecule has 0 spiro atoms. The summed E-state index contributed by atoms with van der Waals surface area (Å²) in [6.07, 6.45) is 5.13. The summed E-state index contributed by atoms with van der Waals surface area (Å²) in [5, 5.41) is 3.62. The lowest BCUT2D eigenvalue weighted by molar-refractivity contribution is 0.291. The first-order valence-electron chi connectivity index (χ1n) is 6.66. The van der Waals surface area contributed by atoms with E-state index in [9.17, 15) is 4.39 Å². The smallest absolute Gasteiger partial charge is 0.123 e. The number of halogens is 1. The fourth-order valence-electron chi connectivity index (χ4n) is 2.65. The van der Waals surface area contributed by atoms with Crippen molar-refractivity contribution in [3.05, 3.63) is 35.6 Å². The van der Waals surface area contributed by atoms with Gasteiger partial charge in [0.25, 0.3) is 0 Å². The standard InChI is InChI=1S/C15H22FN/c1-11-6-8-15(9-7-11)17-12(2)13-4-3-5-14(16)10-13/h3-5,10-12,15,17H,6-9H2,1-2H3/t11?,12-,15?/m1/s1. The molecule has 0 radical (unpaired) electrons. The van der Waals surface area contributed by atoms with Gasteiger partial charge in [0.2, 0.25) is 0 Å². The van der Waals surface area contributed by atoms with Crippen LogP contribution in [0.15, 0.2) is 24.3 Å². The number of hydrogen-bond donors (Lipinski definition) is 1. The Morgan fingerprint density at radius 1 is 1.24 bits per heavy atom. The van der Waals surface area contributed by atoms with Crippen molar-refractivity contribution >= 4 is 0 Å². The Labute approximate surface area is 103 Å². The zero-order chi connectivity index (χ0) is 12.3. The van der Waals surface area contributed by atoms with Gasteiger partial charge in [-0.2, -0.15) is 0 Å². The molecule has 0 saturated heterocycles. The van der Waals surface area contributed by atoms with Gasteiger partial charge in [-0.1, -0.05) is 19.1 Å². The summed E-state index contributed by atoms with van der Waals surface area (Å²) < 4.78 is 13.1. The Hall–Kier alpha value is -0.890. The zero-order valence-corrected chi connectivity index (χ0v) is 10.7. The van der Waals surface area contributed by atoms with E-state index >= 15 is 0 Å². The highest BCUT2D eigenvalue weighted by molar-refractivity contribution is 5.19. The highest BCUT2D eigenvalue weighted by Crippen LogP contribution is 2.25. The van der Waals surface area contributed by atoms with Crippen molar-refractivity contribution in [3.63, 3.8) is 0 Å². The van der Waals surface area contributed by atoms with Crippen LogP contribution in [0.4, 0.5) is 4.39 Å². The normalized spacial score (nSPS) is 26.8. The predicted molar refractivity (Wildman–Crippen MR) is 69.4 cm³/mol. The predicted octanol–water partition coefficient (Wildman–Crippen LogP) is 4.06. The second-order valence-corrected chi connectivity index (χ2v) is 5.40. The molecule has 2 heteroatoms. The minimum atomic E-state index is -0.145. The van der Waals surface area contributed by atoms with Gasteiger partial charge in [0.05, 0.1) is 0 Å². The summed E-state index contributed by atoms with van der Waals surface area (Å²) in [4.78, 5) is 0. The van der Waals surface area contributed by atoms with Crippen LogP contribution in [-0.4, -0.2) is 6.04 Å². The second kappa shape index (κ2) is 5.63. The summed E-state index contributed by atoms with van der Waals surface area (Å²) in [5.41, 5.74) is 1.05. The van der Waals surface area contributed by atoms with Crippen LogP contribution in [0.2, 0.25) is 0 Å². The molecule has 1 aromatic carbocycles. The highest BCUT2D eigenvalue weighted by Gasteiger charge is 2.19. The van der Waals surface area contributed by atoms with Crippen LogP contribution < -0.4 is 5.32 Å². The molecule has 1 aliphatic carbocycles. The molecule has 1 fully saturated rings. The lowest BCUT2D eigenvalue weighted by Crippen LogP contribution is -2.34. The molecule has 0 amide bonds. The van der Waals surface area contributed by atoms with Gasteiger partial charge in [-0.3, -0.25) is 0 Å². The van der Waals surface area contributed by atoms with Crippen molar-refractivity contribution in [3.8, 4) is 0 Å². The van der Waals surface area contributed by atoms with Crippen molar-refractivity contribution in [1.29, 1.82) is 0 Å². The molecule has 2 rings (SSSR count). The SMILES string of the molecule is CC1CCC(N[C@H](C)c2cccc(F)c2)CC1. The molecule has 1 aromatic rings. The molecule has 94 valence electrons. The monoisotopic (exact) mass is 235 g/mol. The molecular weight excluding hydrogens is 213 g/mol. The van der Waals surface area contributed by atoms with Gasteiger partial charge < -0.3 is 5.32 Å². The largest absolute Gasteiger partial charge is 0.307 e. The maximum atomic E-state index is 13.1. The molecular formula is C15H22FN. The van der Waals surface area contributed by atoms with Gasteiger partial charge in [0, 0.05) is 12.1 Å². The van der Waals surface area contributed by atoms with Crippen molar-refractivity contribution in [1.82, 2.24) is 5.32 Å². The first-order valence-corrected chi connectivity index (χ1v) is 6.66. The van der Waals surface area contributed by atoms with Gasteiger partial charge in [0.15, 0.2) is 0 Å². The first-order chi connectivity index (χ1) is 8.15. The van der Waals surface area contributed by atoms with Crippen molar-refractivity contribution in [2.24, 2.45) is 5.92 Å². The van der Waals surface area contributed by atoms with Crippen LogP contribution >= 0.6 is 0 Å². The second-order valence-electron chi connectivity index (χ2n) is 5.40. The number of benzene rings is 1. The number of hydrogen-bond acceptors (Lipinski definition) is 1. The average Bonchev–Trinajstić information content (AvgIpc) is 2.32. The third-order valence-electron chi connectivity index (χ3n) is 3.85. The number of rotatable bonds is 3. The van der Waals surface area contributed by atoms with Crippen molar-refractivity contribution in [2.45, 2.75) is 51.6 Å². The Morgan fingerprint density at radius 3 is 2.59 bits per heavy atom. The molecule has 0 unspecified atom stereocenters. The van der Waals surface area contributed by atoms with E-state index in [-0.39, 0.29) is 11.9 Å². The van der Waals surface area contributed by atoms with E-state index in [2.05, 4.69) is 19.2 Å². The maximum absolute atomic E-state index is 13.1. The molecule has 1 atom stereocenters. The van der Waals surface area contributed by atoms with Crippen LogP contribution in [0.1, 0.15) is 51.1 Å². The van der Waals surface area contributed by atoms with E-state index in [0.29, 0.717) is 6.04 Å². The zero-order valence-electron chi connectivity index (χ0n) is 10.7. The minimum Gasteiger partial charge on any atom is -0.307 e. The van der Waals surface area contributed by atoms with Crippen LogP contribution in [0.5, 0.6) is 0 Å². The van der Waals surface area contributed by atoms with E-state index in [1.165, 1.54) is 31.7 Å². The van der Waals surface area contributed by atoms with Crippen LogP contribution in [0.3, 0.4) is 0 Å². The molecule has 1 N–H and O–H groups in total. The first kappa shape index (κ1) is 12.6. The van der Waals surface area contributed by atoms with Crippen molar-refractivity contribution < 1.29 is 4.39 Å². The van der Waals surface area contributed by atoms with Crippen LogP contribution in [0.25, 0.3) is 0 Å². The lowest BCUT2D eigenvalue weighted by atomic mass is 9.87. The number of nitrogens with one attached hydrogen (secondary N) is 1. The summed E-state index contributed by atoms with van der Waals surface area (Å²) in [6, 6.07) is 7.74. The Morgan fingerprint density at radius 2 is 1.94 bits per heavy atom. The van der Waals surface area contributed by atoms with E-state index in [1.807, 2.05) is 6.07 Å². The fourth-order valence-corrected chi connectivity index (χ4v) is 2.65.